The Morgan fingerprint density at radius 2 is 1.71 bits per heavy atom. The summed E-state index contributed by atoms with van der Waals surface area (Å²) in [6, 6.07) is 6.77. The largest absolute Gasteiger partial charge is 0.433 e. The SMILES string of the molecule is O=C(NC(=O)c1ccc(C(F)(F)F)nc1Cl)Nc1ccccc1Cl. The maximum Gasteiger partial charge on any atom is 0.433 e. The number of alkyl halides is 3. The highest BCUT2D eigenvalue weighted by atomic mass is 35.5. The monoisotopic (exact) mass is 377 g/mol. The van der Waals surface area contributed by atoms with Crippen molar-refractivity contribution in [3.8, 4) is 0 Å². The van der Waals surface area contributed by atoms with Gasteiger partial charge in [-0.15, -0.1) is 0 Å². The van der Waals surface area contributed by atoms with E-state index in [9.17, 15) is 22.8 Å². The molecule has 10 heteroatoms. The molecule has 1 aromatic heterocycles. The summed E-state index contributed by atoms with van der Waals surface area (Å²) in [4.78, 5) is 26.7. The molecular formula is C14H8Cl2F3N3O2. The summed E-state index contributed by atoms with van der Waals surface area (Å²) in [7, 11) is 0. The van der Waals surface area contributed by atoms with Gasteiger partial charge in [0.15, 0.2) is 0 Å². The molecular weight excluding hydrogens is 370 g/mol. The maximum atomic E-state index is 12.5. The predicted octanol–water partition coefficient (Wildman–Crippen LogP) is 4.37. The van der Waals surface area contributed by atoms with E-state index in [1.54, 1.807) is 12.1 Å². The molecule has 5 nitrogen and oxygen atoms in total. The van der Waals surface area contributed by atoms with E-state index in [0.717, 1.165) is 6.07 Å². The highest BCUT2D eigenvalue weighted by molar-refractivity contribution is 6.34. The third-order valence-corrected chi connectivity index (χ3v) is 3.35. The van der Waals surface area contributed by atoms with Gasteiger partial charge < -0.3 is 5.32 Å². The number of amides is 3. The second-order valence-corrected chi connectivity index (χ2v) is 5.19. The average molecular weight is 378 g/mol. The Balaban J connectivity index is 2.10. The number of carbonyl (C=O) groups is 2. The topological polar surface area (TPSA) is 71.1 Å². The summed E-state index contributed by atoms with van der Waals surface area (Å²) in [5.74, 6) is -1.01. The molecule has 24 heavy (non-hydrogen) atoms. The number of benzene rings is 1. The van der Waals surface area contributed by atoms with Gasteiger partial charge in [-0.05, 0) is 24.3 Å². The highest BCUT2D eigenvalue weighted by Gasteiger charge is 2.33. The number of nitrogens with zero attached hydrogens (tertiary/aromatic N) is 1. The summed E-state index contributed by atoms with van der Waals surface area (Å²) in [6.07, 6.45) is -4.69. The number of pyridine rings is 1. The summed E-state index contributed by atoms with van der Waals surface area (Å²) in [5.41, 5.74) is -1.37. The van der Waals surface area contributed by atoms with E-state index < -0.39 is 29.0 Å². The van der Waals surface area contributed by atoms with Crippen LogP contribution in [-0.4, -0.2) is 16.9 Å². The van der Waals surface area contributed by atoms with Gasteiger partial charge in [0, 0.05) is 0 Å². The Bertz CT molecular complexity index is 797. The van der Waals surface area contributed by atoms with E-state index in [1.165, 1.54) is 12.1 Å². The standard InChI is InChI=1S/C14H8Cl2F3N3O2/c15-8-3-1-2-4-9(8)20-13(24)22-12(23)7-5-6-10(14(17,18)19)21-11(7)16/h1-6H,(H2,20,22,23,24). The molecule has 0 aliphatic carbocycles. The van der Waals surface area contributed by atoms with Crippen molar-refractivity contribution < 1.29 is 22.8 Å². The zero-order valence-electron chi connectivity index (χ0n) is 11.6. The predicted molar refractivity (Wildman–Crippen MR) is 82.2 cm³/mol. The van der Waals surface area contributed by atoms with Crippen molar-refractivity contribution in [1.82, 2.24) is 10.3 Å². The van der Waals surface area contributed by atoms with Crippen LogP contribution in [0.3, 0.4) is 0 Å². The molecule has 0 saturated heterocycles. The number of rotatable bonds is 2. The molecule has 0 saturated carbocycles. The summed E-state index contributed by atoms with van der Waals surface area (Å²) in [5, 5.41) is 3.81. The minimum absolute atomic E-state index is 0.245. The molecule has 0 bridgehead atoms. The molecule has 0 radical (unpaired) electrons. The maximum absolute atomic E-state index is 12.5. The third-order valence-electron chi connectivity index (χ3n) is 2.73. The van der Waals surface area contributed by atoms with Crippen LogP contribution < -0.4 is 10.6 Å². The zero-order valence-corrected chi connectivity index (χ0v) is 13.1. The second kappa shape index (κ2) is 7.06. The van der Waals surface area contributed by atoms with Crippen molar-refractivity contribution in [3.05, 3.63) is 57.8 Å². The number of anilines is 1. The average Bonchev–Trinajstić information content (AvgIpc) is 2.48. The molecule has 2 aromatic rings. The van der Waals surface area contributed by atoms with Gasteiger partial charge in [-0.2, -0.15) is 13.2 Å². The lowest BCUT2D eigenvalue weighted by molar-refractivity contribution is -0.141. The quantitative estimate of drug-likeness (QED) is 0.763. The Morgan fingerprint density at radius 1 is 1.04 bits per heavy atom. The third kappa shape index (κ3) is 4.36. The molecule has 2 rings (SSSR count). The molecule has 0 fully saturated rings. The van der Waals surface area contributed by atoms with Crippen LogP contribution in [0.2, 0.25) is 10.2 Å². The fourth-order valence-corrected chi connectivity index (χ4v) is 2.07. The number of urea groups is 1. The van der Waals surface area contributed by atoms with Crippen molar-refractivity contribution >= 4 is 40.8 Å². The van der Waals surface area contributed by atoms with Gasteiger partial charge in [-0.25, -0.2) is 9.78 Å². The molecule has 0 aliphatic heterocycles. The number of para-hydroxylation sites is 1. The summed E-state index contributed by atoms with van der Waals surface area (Å²) < 4.78 is 37.5. The normalized spacial score (nSPS) is 11.0. The lowest BCUT2D eigenvalue weighted by Crippen LogP contribution is -2.34. The molecule has 0 atom stereocenters. The van der Waals surface area contributed by atoms with Gasteiger partial charge in [-0.3, -0.25) is 10.1 Å². The molecule has 2 N–H and O–H groups in total. The molecule has 0 aliphatic rings. The minimum atomic E-state index is -4.69. The van der Waals surface area contributed by atoms with Crippen LogP contribution >= 0.6 is 23.2 Å². The van der Waals surface area contributed by atoms with Crippen LogP contribution in [0.15, 0.2) is 36.4 Å². The van der Waals surface area contributed by atoms with Gasteiger partial charge in [0.05, 0.1) is 16.3 Å². The molecule has 1 aromatic carbocycles. The number of imide groups is 1. The molecule has 126 valence electrons. The first-order valence-electron chi connectivity index (χ1n) is 6.29. The van der Waals surface area contributed by atoms with Crippen LogP contribution in [0.25, 0.3) is 0 Å². The summed E-state index contributed by atoms with van der Waals surface area (Å²) in [6.45, 7) is 0. The Labute approximate surface area is 143 Å². The van der Waals surface area contributed by atoms with E-state index in [2.05, 4.69) is 10.3 Å². The Morgan fingerprint density at radius 3 is 2.29 bits per heavy atom. The van der Waals surface area contributed by atoms with Gasteiger partial charge in [0.1, 0.15) is 10.8 Å². The van der Waals surface area contributed by atoms with Crippen molar-refractivity contribution in [1.29, 1.82) is 0 Å². The van der Waals surface area contributed by atoms with Crippen molar-refractivity contribution in [3.63, 3.8) is 0 Å². The number of hydrogen-bond donors (Lipinski definition) is 2. The second-order valence-electron chi connectivity index (χ2n) is 4.42. The lowest BCUT2D eigenvalue weighted by atomic mass is 10.2. The van der Waals surface area contributed by atoms with Crippen LogP contribution in [0.4, 0.5) is 23.7 Å². The van der Waals surface area contributed by atoms with Crippen molar-refractivity contribution in [2.75, 3.05) is 5.32 Å². The van der Waals surface area contributed by atoms with Crippen LogP contribution in [0.1, 0.15) is 16.1 Å². The van der Waals surface area contributed by atoms with Crippen molar-refractivity contribution in [2.24, 2.45) is 0 Å². The minimum Gasteiger partial charge on any atom is -0.306 e. The first-order chi connectivity index (χ1) is 11.2. The van der Waals surface area contributed by atoms with E-state index >= 15 is 0 Å². The smallest absolute Gasteiger partial charge is 0.306 e. The molecule has 0 spiro atoms. The number of aromatic nitrogens is 1. The van der Waals surface area contributed by atoms with Gasteiger partial charge in [0.2, 0.25) is 0 Å². The van der Waals surface area contributed by atoms with Crippen molar-refractivity contribution in [2.45, 2.75) is 6.18 Å². The number of hydrogen-bond acceptors (Lipinski definition) is 3. The molecule has 1 heterocycles. The van der Waals surface area contributed by atoms with E-state index in [4.69, 9.17) is 23.2 Å². The van der Waals surface area contributed by atoms with E-state index in [1.807, 2.05) is 5.32 Å². The Hall–Kier alpha value is -2.32. The van der Waals surface area contributed by atoms with E-state index in [0.29, 0.717) is 6.07 Å². The molecule has 3 amide bonds. The van der Waals surface area contributed by atoms with Crippen LogP contribution in [0, 0.1) is 0 Å². The fourth-order valence-electron chi connectivity index (χ4n) is 1.65. The van der Waals surface area contributed by atoms with Gasteiger partial charge in [-0.1, -0.05) is 35.3 Å². The number of carbonyl (C=O) groups excluding carboxylic acids is 2. The van der Waals surface area contributed by atoms with Gasteiger partial charge in [0.25, 0.3) is 5.91 Å². The zero-order chi connectivity index (χ0) is 17.9. The number of nitrogens with one attached hydrogen (secondary N) is 2. The van der Waals surface area contributed by atoms with Gasteiger partial charge >= 0.3 is 12.2 Å². The highest BCUT2D eigenvalue weighted by Crippen LogP contribution is 2.29. The first-order valence-corrected chi connectivity index (χ1v) is 7.04. The Kier molecular flexibility index (Phi) is 5.30. The van der Waals surface area contributed by atoms with Crippen LogP contribution in [0.5, 0.6) is 0 Å². The first kappa shape index (κ1) is 18.0. The van der Waals surface area contributed by atoms with E-state index in [-0.39, 0.29) is 16.3 Å². The summed E-state index contributed by atoms with van der Waals surface area (Å²) >= 11 is 11.4. The number of halogens is 5. The fraction of sp³-hybridized carbons (Fsp3) is 0.0714. The molecule has 0 unspecified atom stereocenters. The van der Waals surface area contributed by atoms with Crippen LogP contribution in [-0.2, 0) is 6.18 Å². The lowest BCUT2D eigenvalue weighted by Gasteiger charge is -2.10.